The molecule has 0 amide bonds. The fourth-order valence-electron chi connectivity index (χ4n) is 3.58. The second-order valence-electron chi connectivity index (χ2n) is 5.37. The number of aliphatic hydroxyl groups excluding tert-OH is 1. The van der Waals surface area contributed by atoms with E-state index in [1.807, 2.05) is 0 Å². The van der Waals surface area contributed by atoms with Gasteiger partial charge in [-0.15, -0.1) is 0 Å². The Morgan fingerprint density at radius 3 is 2.86 bits per heavy atom. The van der Waals surface area contributed by atoms with Crippen LogP contribution in [-0.2, 0) is 0 Å². The van der Waals surface area contributed by atoms with Gasteiger partial charge in [0.2, 0.25) is 0 Å². The molecule has 1 saturated heterocycles. The van der Waals surface area contributed by atoms with Gasteiger partial charge in [-0.1, -0.05) is 6.92 Å². The van der Waals surface area contributed by atoms with Crippen molar-refractivity contribution in [2.24, 2.45) is 17.8 Å². The summed E-state index contributed by atoms with van der Waals surface area (Å²) in [4.78, 5) is 2.52. The lowest BCUT2D eigenvalue weighted by atomic mass is 9.68. The number of piperidine rings is 1. The summed E-state index contributed by atoms with van der Waals surface area (Å²) in [6, 6.07) is 0.754. The second kappa shape index (κ2) is 4.19. The first kappa shape index (κ1) is 10.4. The van der Waals surface area contributed by atoms with Crippen LogP contribution < -0.4 is 0 Å². The van der Waals surface area contributed by atoms with Crippen LogP contribution in [0.5, 0.6) is 0 Å². The maximum atomic E-state index is 9.42. The van der Waals surface area contributed by atoms with Crippen LogP contribution in [0, 0.1) is 17.8 Å². The molecule has 2 nitrogen and oxygen atoms in total. The Labute approximate surface area is 87.3 Å². The van der Waals surface area contributed by atoms with E-state index in [-0.39, 0.29) is 0 Å². The first-order valence-corrected chi connectivity index (χ1v) is 6.03. The number of rotatable bonds is 1. The summed E-state index contributed by atoms with van der Waals surface area (Å²) in [5.41, 5.74) is 0. The van der Waals surface area contributed by atoms with E-state index in [1.54, 1.807) is 0 Å². The number of nitrogens with zero attached hydrogens (tertiary/aromatic N) is 1. The molecule has 2 rings (SSSR count). The Bertz CT molecular complexity index is 195. The minimum Gasteiger partial charge on any atom is -0.396 e. The highest BCUT2D eigenvalue weighted by Crippen LogP contribution is 2.40. The first-order valence-electron chi connectivity index (χ1n) is 6.03. The third-order valence-electron chi connectivity index (χ3n) is 4.30. The van der Waals surface area contributed by atoms with Crippen molar-refractivity contribution in [3.8, 4) is 0 Å². The summed E-state index contributed by atoms with van der Waals surface area (Å²) < 4.78 is 0. The van der Waals surface area contributed by atoms with Crippen molar-refractivity contribution in [1.29, 1.82) is 0 Å². The maximum Gasteiger partial charge on any atom is 0.0462 e. The number of fused-ring (bicyclic) bond motifs is 1. The van der Waals surface area contributed by atoms with E-state index in [0.717, 1.165) is 17.9 Å². The van der Waals surface area contributed by atoms with Crippen LogP contribution in [0.4, 0.5) is 0 Å². The molecule has 0 aromatic rings. The standard InChI is InChI=1S/C12H23NO/c1-9-6-10(8-14)11-4-3-5-13(2)12(11)7-9/h9-12,14H,3-8H2,1-2H3/t9-,10+,11+,12-/m0/s1. The molecule has 1 aliphatic heterocycles. The van der Waals surface area contributed by atoms with E-state index in [0.29, 0.717) is 12.5 Å². The molecule has 0 spiro atoms. The van der Waals surface area contributed by atoms with Crippen molar-refractivity contribution in [3.05, 3.63) is 0 Å². The fourth-order valence-corrected chi connectivity index (χ4v) is 3.58. The highest BCUT2D eigenvalue weighted by molar-refractivity contribution is 4.92. The van der Waals surface area contributed by atoms with Gasteiger partial charge in [-0.2, -0.15) is 0 Å². The zero-order chi connectivity index (χ0) is 10.1. The van der Waals surface area contributed by atoms with E-state index < -0.39 is 0 Å². The summed E-state index contributed by atoms with van der Waals surface area (Å²) in [6.45, 7) is 3.99. The lowest BCUT2D eigenvalue weighted by Gasteiger charge is -2.48. The normalized spacial score (nSPS) is 44.8. The maximum absolute atomic E-state index is 9.42. The van der Waals surface area contributed by atoms with Crippen LogP contribution in [0.2, 0.25) is 0 Å². The van der Waals surface area contributed by atoms with E-state index >= 15 is 0 Å². The second-order valence-corrected chi connectivity index (χ2v) is 5.37. The van der Waals surface area contributed by atoms with E-state index in [1.165, 1.54) is 32.2 Å². The van der Waals surface area contributed by atoms with Crippen molar-refractivity contribution in [2.45, 2.75) is 38.6 Å². The van der Waals surface area contributed by atoms with Gasteiger partial charge in [0.05, 0.1) is 0 Å². The minimum atomic E-state index is 0.402. The van der Waals surface area contributed by atoms with Gasteiger partial charge in [0.1, 0.15) is 0 Å². The van der Waals surface area contributed by atoms with E-state index in [9.17, 15) is 5.11 Å². The highest BCUT2D eigenvalue weighted by Gasteiger charge is 2.39. The summed E-state index contributed by atoms with van der Waals surface area (Å²) in [5.74, 6) is 2.15. The molecule has 0 aromatic carbocycles. The lowest BCUT2D eigenvalue weighted by Crippen LogP contribution is -2.50. The van der Waals surface area contributed by atoms with Crippen molar-refractivity contribution in [2.75, 3.05) is 20.2 Å². The molecule has 0 aromatic heterocycles. The van der Waals surface area contributed by atoms with Crippen molar-refractivity contribution in [3.63, 3.8) is 0 Å². The SMILES string of the molecule is C[C@H]1C[C@H](CO)[C@H]2CCCN(C)[C@H]2C1. The summed E-state index contributed by atoms with van der Waals surface area (Å²) in [5, 5.41) is 9.42. The average molecular weight is 197 g/mol. The Balaban J connectivity index is 2.09. The quantitative estimate of drug-likeness (QED) is 0.692. The number of hydrogen-bond acceptors (Lipinski definition) is 2. The van der Waals surface area contributed by atoms with Gasteiger partial charge in [-0.05, 0) is 57.0 Å². The molecule has 1 heterocycles. The molecular weight excluding hydrogens is 174 g/mol. The lowest BCUT2D eigenvalue weighted by molar-refractivity contribution is 0.000386. The summed E-state index contributed by atoms with van der Waals surface area (Å²) in [7, 11) is 2.25. The molecule has 1 saturated carbocycles. The molecule has 1 N–H and O–H groups in total. The molecule has 0 bridgehead atoms. The molecule has 2 aliphatic rings. The largest absolute Gasteiger partial charge is 0.396 e. The molecule has 4 atom stereocenters. The zero-order valence-corrected chi connectivity index (χ0v) is 9.45. The molecule has 14 heavy (non-hydrogen) atoms. The Morgan fingerprint density at radius 2 is 2.14 bits per heavy atom. The fraction of sp³-hybridized carbons (Fsp3) is 1.00. The van der Waals surface area contributed by atoms with E-state index in [4.69, 9.17) is 0 Å². The Hall–Kier alpha value is -0.0800. The van der Waals surface area contributed by atoms with Crippen molar-refractivity contribution in [1.82, 2.24) is 4.90 Å². The number of likely N-dealkylation sites (tertiary alicyclic amines) is 1. The highest BCUT2D eigenvalue weighted by atomic mass is 16.3. The average Bonchev–Trinajstić information content (AvgIpc) is 2.18. The molecular formula is C12H23NO. The number of aliphatic hydroxyl groups is 1. The van der Waals surface area contributed by atoms with Gasteiger partial charge in [0.25, 0.3) is 0 Å². The van der Waals surface area contributed by atoms with Gasteiger partial charge in [-0.3, -0.25) is 0 Å². The predicted molar refractivity (Wildman–Crippen MR) is 58.1 cm³/mol. The monoisotopic (exact) mass is 197 g/mol. The van der Waals surface area contributed by atoms with E-state index in [2.05, 4.69) is 18.9 Å². The van der Waals surface area contributed by atoms with Crippen LogP contribution >= 0.6 is 0 Å². The van der Waals surface area contributed by atoms with Crippen LogP contribution in [0.15, 0.2) is 0 Å². The third-order valence-corrected chi connectivity index (χ3v) is 4.30. The van der Waals surface area contributed by atoms with Gasteiger partial charge in [0, 0.05) is 12.6 Å². The Morgan fingerprint density at radius 1 is 1.36 bits per heavy atom. The number of hydrogen-bond donors (Lipinski definition) is 1. The molecule has 1 aliphatic carbocycles. The van der Waals surface area contributed by atoms with Crippen molar-refractivity contribution >= 4 is 0 Å². The summed E-state index contributed by atoms with van der Waals surface area (Å²) >= 11 is 0. The van der Waals surface area contributed by atoms with Gasteiger partial charge in [0.15, 0.2) is 0 Å². The van der Waals surface area contributed by atoms with Crippen LogP contribution in [0.1, 0.15) is 32.6 Å². The van der Waals surface area contributed by atoms with Crippen molar-refractivity contribution < 1.29 is 5.11 Å². The molecule has 2 heteroatoms. The smallest absolute Gasteiger partial charge is 0.0462 e. The van der Waals surface area contributed by atoms with Crippen LogP contribution in [0.25, 0.3) is 0 Å². The topological polar surface area (TPSA) is 23.5 Å². The van der Waals surface area contributed by atoms with Gasteiger partial charge in [-0.25, -0.2) is 0 Å². The van der Waals surface area contributed by atoms with Gasteiger partial charge < -0.3 is 10.0 Å². The zero-order valence-electron chi connectivity index (χ0n) is 9.45. The predicted octanol–water partition coefficient (Wildman–Crippen LogP) is 1.74. The molecule has 0 unspecified atom stereocenters. The molecule has 82 valence electrons. The van der Waals surface area contributed by atoms with Crippen LogP contribution in [0.3, 0.4) is 0 Å². The third kappa shape index (κ3) is 1.82. The first-order chi connectivity index (χ1) is 6.72. The Kier molecular flexibility index (Phi) is 3.13. The molecule has 0 radical (unpaired) electrons. The van der Waals surface area contributed by atoms with Gasteiger partial charge >= 0.3 is 0 Å². The minimum absolute atomic E-state index is 0.402. The summed E-state index contributed by atoms with van der Waals surface area (Å²) in [6.07, 6.45) is 5.25. The van der Waals surface area contributed by atoms with Crippen LogP contribution in [-0.4, -0.2) is 36.2 Å². The molecule has 2 fully saturated rings.